The van der Waals surface area contributed by atoms with Crippen LogP contribution in [0.5, 0.6) is 0 Å². The fraction of sp³-hybridized carbons (Fsp3) is 0.364. The third-order valence-corrected chi connectivity index (χ3v) is 2.50. The van der Waals surface area contributed by atoms with Crippen LogP contribution in [0.25, 0.3) is 0 Å². The van der Waals surface area contributed by atoms with Crippen molar-refractivity contribution in [2.24, 2.45) is 0 Å². The van der Waals surface area contributed by atoms with Crippen LogP contribution >= 0.6 is 0 Å². The maximum Gasteiger partial charge on any atom is 0.410 e. The molecule has 86 valence electrons. The first-order chi connectivity index (χ1) is 7.68. The number of hydrogen-bond donors (Lipinski definition) is 0. The van der Waals surface area contributed by atoms with Gasteiger partial charge < -0.3 is 4.74 Å². The van der Waals surface area contributed by atoms with Gasteiger partial charge in [-0.2, -0.15) is 0 Å². The summed E-state index contributed by atoms with van der Waals surface area (Å²) in [5.74, 6) is 0. The van der Waals surface area contributed by atoms with Crippen LogP contribution in [0.1, 0.15) is 5.56 Å². The van der Waals surface area contributed by atoms with E-state index in [1.165, 1.54) is 0 Å². The van der Waals surface area contributed by atoms with Gasteiger partial charge in [0, 0.05) is 6.54 Å². The van der Waals surface area contributed by atoms with Crippen LogP contribution in [0.15, 0.2) is 30.3 Å². The summed E-state index contributed by atoms with van der Waals surface area (Å²) in [6.45, 7) is -0.0714. The normalized spacial score (nSPS) is 20.3. The minimum Gasteiger partial charge on any atom is -0.447 e. The van der Waals surface area contributed by atoms with Crippen LogP contribution in [-0.2, 0) is 11.3 Å². The summed E-state index contributed by atoms with van der Waals surface area (Å²) in [6, 6.07) is 7.87. The standard InChI is InChI=1S/C11H11F2NO2/c12-10(13)9-7-16-11(15)14(9)6-8-4-2-1-3-5-8/h1-5,9-10H,6-7H2. The molecule has 3 nitrogen and oxygen atoms in total. The van der Waals surface area contributed by atoms with E-state index in [2.05, 4.69) is 4.74 Å². The van der Waals surface area contributed by atoms with E-state index in [0.29, 0.717) is 0 Å². The van der Waals surface area contributed by atoms with Crippen molar-refractivity contribution >= 4 is 6.09 Å². The molecule has 1 aromatic rings. The highest BCUT2D eigenvalue weighted by Crippen LogP contribution is 2.21. The summed E-state index contributed by atoms with van der Waals surface area (Å²) in [4.78, 5) is 12.3. The largest absolute Gasteiger partial charge is 0.447 e. The molecular formula is C11H11F2NO2. The van der Waals surface area contributed by atoms with Crippen LogP contribution < -0.4 is 0 Å². The number of carbonyl (C=O) groups excluding carboxylic acids is 1. The molecule has 0 radical (unpaired) electrons. The van der Waals surface area contributed by atoms with Gasteiger partial charge in [0.15, 0.2) is 0 Å². The Kier molecular flexibility index (Phi) is 3.03. The first-order valence-corrected chi connectivity index (χ1v) is 4.94. The first kappa shape index (κ1) is 10.9. The number of benzene rings is 1. The molecule has 5 heteroatoms. The predicted molar refractivity (Wildman–Crippen MR) is 53.1 cm³/mol. The molecule has 1 heterocycles. The number of alkyl halides is 2. The number of hydrogen-bond acceptors (Lipinski definition) is 2. The molecule has 1 saturated heterocycles. The molecule has 1 atom stereocenters. The van der Waals surface area contributed by atoms with Gasteiger partial charge in [-0.05, 0) is 5.56 Å². The Bertz CT molecular complexity index is 370. The van der Waals surface area contributed by atoms with Gasteiger partial charge in [0.1, 0.15) is 12.6 Å². The Morgan fingerprint density at radius 1 is 1.38 bits per heavy atom. The zero-order chi connectivity index (χ0) is 11.5. The first-order valence-electron chi connectivity index (χ1n) is 4.94. The zero-order valence-corrected chi connectivity index (χ0v) is 8.48. The lowest BCUT2D eigenvalue weighted by Gasteiger charge is -2.20. The van der Waals surface area contributed by atoms with E-state index in [-0.39, 0.29) is 13.2 Å². The van der Waals surface area contributed by atoms with Crippen molar-refractivity contribution in [2.75, 3.05) is 6.61 Å². The van der Waals surface area contributed by atoms with E-state index in [4.69, 9.17) is 0 Å². The quantitative estimate of drug-likeness (QED) is 0.792. The smallest absolute Gasteiger partial charge is 0.410 e. The second-order valence-corrected chi connectivity index (χ2v) is 3.59. The predicted octanol–water partition coefficient (Wildman–Crippen LogP) is 2.27. The molecule has 0 aromatic heterocycles. The molecule has 1 fully saturated rings. The highest BCUT2D eigenvalue weighted by molar-refractivity contribution is 5.70. The van der Waals surface area contributed by atoms with Crippen molar-refractivity contribution in [1.82, 2.24) is 4.90 Å². The Morgan fingerprint density at radius 3 is 2.69 bits per heavy atom. The molecule has 0 spiro atoms. The van der Waals surface area contributed by atoms with Crippen LogP contribution in [0.4, 0.5) is 13.6 Å². The Labute approximate surface area is 91.6 Å². The highest BCUT2D eigenvalue weighted by Gasteiger charge is 2.38. The average molecular weight is 227 g/mol. The number of amides is 1. The lowest BCUT2D eigenvalue weighted by atomic mass is 10.2. The van der Waals surface area contributed by atoms with Crippen LogP contribution in [-0.4, -0.2) is 30.1 Å². The van der Waals surface area contributed by atoms with Gasteiger partial charge in [-0.1, -0.05) is 30.3 Å². The Hall–Kier alpha value is -1.65. The molecule has 2 rings (SSSR count). The molecule has 1 amide bonds. The number of rotatable bonds is 3. The van der Waals surface area contributed by atoms with Crippen molar-refractivity contribution < 1.29 is 18.3 Å². The number of nitrogens with zero attached hydrogens (tertiary/aromatic N) is 1. The van der Waals surface area contributed by atoms with Gasteiger partial charge in [-0.25, -0.2) is 13.6 Å². The highest BCUT2D eigenvalue weighted by atomic mass is 19.3. The van der Waals surface area contributed by atoms with Gasteiger partial charge in [0.05, 0.1) is 0 Å². The molecule has 0 saturated carbocycles. The number of cyclic esters (lactones) is 1. The molecule has 1 aromatic carbocycles. The fourth-order valence-corrected chi connectivity index (χ4v) is 1.64. The zero-order valence-electron chi connectivity index (χ0n) is 8.48. The third kappa shape index (κ3) is 2.13. The van der Waals surface area contributed by atoms with E-state index in [1.54, 1.807) is 24.3 Å². The summed E-state index contributed by atoms with van der Waals surface area (Å²) < 4.78 is 29.8. The summed E-state index contributed by atoms with van der Waals surface area (Å²) in [5.41, 5.74) is 0.812. The minimum absolute atomic E-state index is 0.161. The summed E-state index contributed by atoms with van der Waals surface area (Å²) in [7, 11) is 0. The molecule has 1 unspecified atom stereocenters. The van der Waals surface area contributed by atoms with Gasteiger partial charge in [0.2, 0.25) is 0 Å². The van der Waals surface area contributed by atoms with Crippen molar-refractivity contribution in [2.45, 2.75) is 19.0 Å². The molecule has 0 aliphatic carbocycles. The monoisotopic (exact) mass is 227 g/mol. The minimum atomic E-state index is -2.57. The summed E-state index contributed by atoms with van der Waals surface area (Å²) in [6.07, 6.45) is -3.25. The van der Waals surface area contributed by atoms with Crippen molar-refractivity contribution in [3.05, 3.63) is 35.9 Å². The van der Waals surface area contributed by atoms with Crippen LogP contribution in [0.2, 0.25) is 0 Å². The Balaban J connectivity index is 2.10. The number of ether oxygens (including phenoxy) is 1. The van der Waals surface area contributed by atoms with Crippen LogP contribution in [0.3, 0.4) is 0 Å². The molecular weight excluding hydrogens is 216 g/mol. The molecule has 16 heavy (non-hydrogen) atoms. The van der Waals surface area contributed by atoms with Gasteiger partial charge in [-0.15, -0.1) is 0 Å². The second-order valence-electron chi connectivity index (χ2n) is 3.59. The van der Waals surface area contributed by atoms with Crippen molar-refractivity contribution in [3.63, 3.8) is 0 Å². The second kappa shape index (κ2) is 4.47. The molecule has 0 bridgehead atoms. The fourth-order valence-electron chi connectivity index (χ4n) is 1.64. The molecule has 1 aliphatic rings. The van der Waals surface area contributed by atoms with Gasteiger partial charge >= 0.3 is 6.09 Å². The van der Waals surface area contributed by atoms with E-state index in [0.717, 1.165) is 10.5 Å². The molecule has 1 aliphatic heterocycles. The number of halogens is 2. The van der Waals surface area contributed by atoms with E-state index < -0.39 is 18.6 Å². The van der Waals surface area contributed by atoms with Gasteiger partial charge in [0.25, 0.3) is 6.43 Å². The van der Waals surface area contributed by atoms with Crippen molar-refractivity contribution in [1.29, 1.82) is 0 Å². The maximum absolute atomic E-state index is 12.6. The topological polar surface area (TPSA) is 29.5 Å². The summed E-state index contributed by atoms with van der Waals surface area (Å²) in [5, 5.41) is 0. The number of carbonyl (C=O) groups is 1. The maximum atomic E-state index is 12.6. The van der Waals surface area contributed by atoms with Crippen molar-refractivity contribution in [3.8, 4) is 0 Å². The average Bonchev–Trinajstić information content (AvgIpc) is 2.62. The van der Waals surface area contributed by atoms with E-state index >= 15 is 0 Å². The Morgan fingerprint density at radius 2 is 2.06 bits per heavy atom. The SMILES string of the molecule is O=C1OCC(C(F)F)N1Cc1ccccc1. The van der Waals surface area contributed by atoms with E-state index in [1.807, 2.05) is 6.07 Å². The lowest BCUT2D eigenvalue weighted by Crippen LogP contribution is -2.37. The third-order valence-electron chi connectivity index (χ3n) is 2.50. The molecule has 0 N–H and O–H groups in total. The van der Waals surface area contributed by atoms with Gasteiger partial charge in [-0.3, -0.25) is 4.90 Å². The lowest BCUT2D eigenvalue weighted by molar-refractivity contribution is 0.0575. The summed E-state index contributed by atoms with van der Waals surface area (Å²) >= 11 is 0. The van der Waals surface area contributed by atoms with E-state index in [9.17, 15) is 13.6 Å². The van der Waals surface area contributed by atoms with Crippen LogP contribution in [0, 0.1) is 0 Å².